The third-order valence-electron chi connectivity index (χ3n) is 14.2. The summed E-state index contributed by atoms with van der Waals surface area (Å²) >= 11 is 0. The molecule has 3 heteroatoms. The minimum atomic E-state index is -0.239. The molecule has 1 aliphatic carbocycles. The van der Waals surface area contributed by atoms with E-state index >= 15 is 0 Å². The molecule has 0 fully saturated rings. The minimum absolute atomic E-state index is 0.113. The number of anilines is 6. The molecule has 1 aromatic heterocycles. The van der Waals surface area contributed by atoms with Crippen LogP contribution < -0.4 is 9.80 Å². The molecule has 0 saturated carbocycles. The predicted molar refractivity (Wildman–Crippen MR) is 296 cm³/mol. The van der Waals surface area contributed by atoms with Crippen LogP contribution in [0.4, 0.5) is 34.1 Å². The van der Waals surface area contributed by atoms with Crippen LogP contribution in [0.5, 0.6) is 0 Å². The predicted octanol–water partition coefficient (Wildman–Crippen LogP) is 18.5. The molecule has 332 valence electrons. The maximum absolute atomic E-state index is 9.80. The Morgan fingerprint density at radius 2 is 0.900 bits per heavy atom. The van der Waals surface area contributed by atoms with Crippen molar-refractivity contribution in [1.29, 1.82) is 0 Å². The highest BCUT2D eigenvalue weighted by molar-refractivity contribution is 6.12. The van der Waals surface area contributed by atoms with E-state index in [0.29, 0.717) is 5.56 Å². The molecule has 0 N–H and O–H groups in total. The van der Waals surface area contributed by atoms with E-state index in [4.69, 9.17) is 0 Å². The van der Waals surface area contributed by atoms with Crippen LogP contribution in [0.1, 0.15) is 30.5 Å². The Labute approximate surface area is 415 Å². The lowest BCUT2D eigenvalue weighted by Crippen LogP contribution is -2.16. The summed E-state index contributed by atoms with van der Waals surface area (Å²) in [4.78, 5) is 4.18. The highest BCUT2D eigenvalue weighted by Gasteiger charge is 2.36. The fourth-order valence-corrected chi connectivity index (χ4v) is 10.9. The molecule has 0 atom stereocenters. The quantitative estimate of drug-likeness (QED) is 0.143. The van der Waals surface area contributed by atoms with Gasteiger partial charge < -0.3 is 14.4 Å². The topological polar surface area (TPSA) is 11.4 Å². The average Bonchev–Trinajstić information content (AvgIpc) is 3.90. The van der Waals surface area contributed by atoms with Crippen LogP contribution in [0.15, 0.2) is 261 Å². The van der Waals surface area contributed by atoms with Crippen LogP contribution >= 0.6 is 0 Å². The fraction of sp³-hybridized carbons (Fsp3) is 0.0448. The number of aromatic nitrogens is 1. The Hall–Kier alpha value is -8.92. The second-order valence-electron chi connectivity index (χ2n) is 18.6. The average molecular weight is 900 g/mol. The van der Waals surface area contributed by atoms with Crippen molar-refractivity contribution in [2.24, 2.45) is 0 Å². The van der Waals surface area contributed by atoms with Crippen molar-refractivity contribution in [3.05, 3.63) is 272 Å². The molecule has 0 bridgehead atoms. The van der Waals surface area contributed by atoms with Crippen LogP contribution in [0.3, 0.4) is 0 Å². The molecule has 70 heavy (non-hydrogen) atoms. The summed E-state index contributed by atoms with van der Waals surface area (Å²) in [6.07, 6.45) is 0. The molecule has 13 rings (SSSR count). The van der Waals surface area contributed by atoms with Gasteiger partial charge in [-0.15, -0.1) is 0 Å². The first-order valence-corrected chi connectivity index (χ1v) is 23.9. The van der Waals surface area contributed by atoms with Crippen LogP contribution in [0.25, 0.3) is 71.6 Å². The number of benzene rings is 11. The van der Waals surface area contributed by atoms with E-state index in [1.54, 1.807) is 0 Å². The van der Waals surface area contributed by atoms with Gasteiger partial charge >= 0.3 is 0 Å². The van der Waals surface area contributed by atoms with Gasteiger partial charge in [0.15, 0.2) is 0 Å². The number of fused-ring (bicyclic) bond motifs is 7. The molecule has 0 amide bonds. The first-order valence-electron chi connectivity index (χ1n) is 25.9. The summed E-state index contributed by atoms with van der Waals surface area (Å²) in [6.45, 7) is 4.62. The third kappa shape index (κ3) is 6.81. The summed E-state index contributed by atoms with van der Waals surface area (Å²) in [5.74, 6) is 0. The zero-order chi connectivity index (χ0) is 50.2. The lowest BCUT2D eigenvalue weighted by Gasteiger charge is -2.29. The van der Waals surface area contributed by atoms with E-state index in [2.05, 4.69) is 163 Å². The SMILES string of the molecule is [2H]c1c([2H])c(N(c2ccccc2)c2ccc(-c3ccccc3)cc2)c([2H])c([2H])c1-c1cccc2c(N(c3ccc4c(c3)C(C)(C)c3ccccc3-4)c3ccc4c(c3)c3ccccc3n4-c3ccccc3)cccc12. The number of rotatable bonds is 9. The van der Waals surface area contributed by atoms with Gasteiger partial charge in [0.25, 0.3) is 0 Å². The van der Waals surface area contributed by atoms with Crippen LogP contribution in [-0.4, -0.2) is 4.57 Å². The standard InChI is InChI=1S/C67H49N3/c1-67(2)62-29-14-12-24-57(62)58-42-40-54(45-63(58)67)69(53-41-43-66-61(44-53)60-25-13-15-30-65(60)70(66)50-22-10-5-11-23-50)64-31-17-27-56-55(26-16-28-59(56)64)48-34-38-52(39-35-48)68(49-20-8-4-9-21-49)51-36-32-47(33-37-51)46-18-6-3-7-19-46/h3-45H,1-2H3/i34D,35D,38D,39D. The molecular formula is C67H49N3. The Kier molecular flexibility index (Phi) is 8.85. The molecular weight excluding hydrogens is 847 g/mol. The summed E-state index contributed by atoms with van der Waals surface area (Å²) in [5, 5.41) is 4.00. The fourth-order valence-electron chi connectivity index (χ4n) is 10.9. The molecule has 11 aromatic carbocycles. The zero-order valence-electron chi connectivity index (χ0n) is 42.9. The number of para-hydroxylation sites is 3. The van der Waals surface area contributed by atoms with Gasteiger partial charge in [-0.3, -0.25) is 0 Å². The van der Waals surface area contributed by atoms with Crippen molar-refractivity contribution in [3.8, 4) is 39.1 Å². The number of hydrogen-bond donors (Lipinski definition) is 0. The van der Waals surface area contributed by atoms with E-state index in [9.17, 15) is 5.48 Å². The van der Waals surface area contributed by atoms with E-state index in [1.165, 1.54) is 22.3 Å². The van der Waals surface area contributed by atoms with Crippen LogP contribution in [-0.2, 0) is 5.41 Å². The number of hydrogen-bond acceptors (Lipinski definition) is 2. The molecule has 0 unspecified atom stereocenters. The highest BCUT2D eigenvalue weighted by Crippen LogP contribution is 2.52. The normalized spacial score (nSPS) is 13.3. The maximum Gasteiger partial charge on any atom is 0.0645 e. The largest absolute Gasteiger partial charge is 0.311 e. The van der Waals surface area contributed by atoms with Gasteiger partial charge in [-0.1, -0.05) is 184 Å². The van der Waals surface area contributed by atoms with Crippen molar-refractivity contribution in [3.63, 3.8) is 0 Å². The Morgan fingerprint density at radius 1 is 0.343 bits per heavy atom. The van der Waals surface area contributed by atoms with Gasteiger partial charge in [-0.2, -0.15) is 0 Å². The van der Waals surface area contributed by atoms with Crippen molar-refractivity contribution in [2.75, 3.05) is 9.80 Å². The van der Waals surface area contributed by atoms with Crippen molar-refractivity contribution in [2.45, 2.75) is 19.3 Å². The molecule has 3 nitrogen and oxygen atoms in total. The van der Waals surface area contributed by atoms with Gasteiger partial charge in [0.05, 0.1) is 22.2 Å². The molecule has 0 spiro atoms. The van der Waals surface area contributed by atoms with Crippen LogP contribution in [0, 0.1) is 0 Å². The van der Waals surface area contributed by atoms with E-state index < -0.39 is 0 Å². The maximum atomic E-state index is 9.80. The smallest absolute Gasteiger partial charge is 0.0645 e. The second-order valence-corrected chi connectivity index (χ2v) is 18.6. The lowest BCUT2D eigenvalue weighted by molar-refractivity contribution is 0.660. The summed E-state index contributed by atoms with van der Waals surface area (Å²) in [6, 6.07) is 81.0. The highest BCUT2D eigenvalue weighted by atomic mass is 15.1. The summed E-state index contributed by atoms with van der Waals surface area (Å²) in [7, 11) is 0. The van der Waals surface area contributed by atoms with E-state index in [-0.39, 0.29) is 40.8 Å². The van der Waals surface area contributed by atoms with Crippen molar-refractivity contribution >= 4 is 66.7 Å². The van der Waals surface area contributed by atoms with Gasteiger partial charge in [0.1, 0.15) is 0 Å². The second kappa shape index (κ2) is 16.7. The monoisotopic (exact) mass is 899 g/mol. The van der Waals surface area contributed by atoms with Crippen molar-refractivity contribution in [1.82, 2.24) is 4.57 Å². The Morgan fingerprint density at radius 3 is 1.70 bits per heavy atom. The van der Waals surface area contributed by atoms with Crippen LogP contribution in [0.2, 0.25) is 0 Å². The van der Waals surface area contributed by atoms with E-state index in [1.807, 2.05) is 102 Å². The van der Waals surface area contributed by atoms with Gasteiger partial charge in [-0.25, -0.2) is 0 Å². The Bertz CT molecular complexity index is 4120. The molecule has 0 aliphatic heterocycles. The van der Waals surface area contributed by atoms with Gasteiger partial charge in [0.2, 0.25) is 0 Å². The zero-order valence-corrected chi connectivity index (χ0v) is 38.9. The van der Waals surface area contributed by atoms with Gasteiger partial charge in [-0.05, 0) is 141 Å². The first kappa shape index (κ1) is 37.1. The molecule has 1 heterocycles. The number of nitrogens with zero attached hydrogens (tertiary/aromatic N) is 3. The first-order chi connectivity index (χ1) is 36.2. The third-order valence-corrected chi connectivity index (χ3v) is 14.2. The summed E-state index contributed by atoms with van der Waals surface area (Å²) in [5.41, 5.74) is 15.7. The van der Waals surface area contributed by atoms with Gasteiger partial charge in [0, 0.05) is 55.7 Å². The van der Waals surface area contributed by atoms with E-state index in [0.717, 1.165) is 77.8 Å². The molecule has 0 saturated heterocycles. The molecule has 0 radical (unpaired) electrons. The molecule has 12 aromatic rings. The van der Waals surface area contributed by atoms with Crippen molar-refractivity contribution < 1.29 is 5.48 Å². The lowest BCUT2D eigenvalue weighted by atomic mass is 9.82. The molecule has 1 aliphatic rings. The Balaban J connectivity index is 0.995. The summed E-state index contributed by atoms with van der Waals surface area (Å²) < 4.78 is 41.4. The minimum Gasteiger partial charge on any atom is -0.311 e.